The van der Waals surface area contributed by atoms with Crippen LogP contribution in [0.4, 0.5) is 0 Å². The highest BCUT2D eigenvalue weighted by Gasteiger charge is 2.32. The fraction of sp³-hybridized carbons (Fsp3) is 0.550. The van der Waals surface area contributed by atoms with Crippen LogP contribution in [0.2, 0.25) is 0 Å². The molecule has 1 saturated heterocycles. The summed E-state index contributed by atoms with van der Waals surface area (Å²) in [5, 5.41) is 0. The summed E-state index contributed by atoms with van der Waals surface area (Å²) in [6, 6.07) is 9.80. The van der Waals surface area contributed by atoms with Crippen LogP contribution < -0.4 is 0 Å². The molecule has 1 aromatic rings. The van der Waals surface area contributed by atoms with Gasteiger partial charge in [0.25, 0.3) is 5.91 Å². The molecule has 2 rings (SSSR count). The van der Waals surface area contributed by atoms with Crippen molar-refractivity contribution in [3.63, 3.8) is 0 Å². The molecule has 1 atom stereocenters. The largest absolute Gasteiger partial charge is 0.334 e. The first kappa shape index (κ1) is 19.2. The van der Waals surface area contributed by atoms with Gasteiger partial charge in [-0.3, -0.25) is 14.4 Å². The average molecular weight is 344 g/mol. The van der Waals surface area contributed by atoms with Crippen LogP contribution in [0.1, 0.15) is 45.6 Å². The Hall–Kier alpha value is -2.17. The molecule has 1 aliphatic rings. The monoisotopic (exact) mass is 344 g/mol. The van der Waals surface area contributed by atoms with Crippen LogP contribution in [0.5, 0.6) is 0 Å². The molecule has 0 saturated carbocycles. The lowest BCUT2D eigenvalue weighted by molar-refractivity contribution is -0.145. The summed E-state index contributed by atoms with van der Waals surface area (Å²) in [6.07, 6.45) is 1.28. The Kier molecular flexibility index (Phi) is 6.73. The molecule has 0 aliphatic carbocycles. The number of ketones is 1. The average Bonchev–Trinajstić information content (AvgIpc) is 2.74. The SMILES string of the molecule is CC[C@H]1CN(C(=O)C(=O)CC(C)C)CCC(=O)N1Cc1ccccc1. The van der Waals surface area contributed by atoms with Gasteiger partial charge in [-0.25, -0.2) is 0 Å². The highest BCUT2D eigenvalue weighted by Crippen LogP contribution is 2.18. The van der Waals surface area contributed by atoms with Crippen molar-refractivity contribution < 1.29 is 14.4 Å². The van der Waals surface area contributed by atoms with E-state index in [0.29, 0.717) is 19.6 Å². The van der Waals surface area contributed by atoms with E-state index >= 15 is 0 Å². The van der Waals surface area contributed by atoms with E-state index < -0.39 is 5.91 Å². The normalized spacial score (nSPS) is 18.4. The summed E-state index contributed by atoms with van der Waals surface area (Å²) in [7, 11) is 0. The summed E-state index contributed by atoms with van der Waals surface area (Å²) < 4.78 is 0. The molecule has 1 aromatic carbocycles. The molecule has 0 unspecified atom stereocenters. The van der Waals surface area contributed by atoms with Gasteiger partial charge in [-0.15, -0.1) is 0 Å². The lowest BCUT2D eigenvalue weighted by Crippen LogP contribution is -2.45. The number of hydrogen-bond acceptors (Lipinski definition) is 3. The van der Waals surface area contributed by atoms with Gasteiger partial charge in [-0.2, -0.15) is 0 Å². The van der Waals surface area contributed by atoms with Crippen LogP contribution in [-0.2, 0) is 20.9 Å². The van der Waals surface area contributed by atoms with Crippen LogP contribution in [0.25, 0.3) is 0 Å². The van der Waals surface area contributed by atoms with E-state index in [1.807, 2.05) is 56.0 Å². The van der Waals surface area contributed by atoms with Crippen molar-refractivity contribution in [1.29, 1.82) is 0 Å². The van der Waals surface area contributed by atoms with Gasteiger partial charge in [0.15, 0.2) is 0 Å². The summed E-state index contributed by atoms with van der Waals surface area (Å²) in [5.74, 6) is -0.598. The molecule has 25 heavy (non-hydrogen) atoms. The molecule has 1 heterocycles. The van der Waals surface area contributed by atoms with E-state index in [9.17, 15) is 14.4 Å². The Bertz CT molecular complexity index is 613. The minimum atomic E-state index is -0.443. The maximum atomic E-state index is 12.6. The van der Waals surface area contributed by atoms with Gasteiger partial charge in [-0.05, 0) is 17.9 Å². The lowest BCUT2D eigenvalue weighted by atomic mass is 10.1. The fourth-order valence-electron chi connectivity index (χ4n) is 3.19. The van der Waals surface area contributed by atoms with E-state index in [2.05, 4.69) is 0 Å². The zero-order valence-electron chi connectivity index (χ0n) is 15.4. The van der Waals surface area contributed by atoms with Gasteiger partial charge >= 0.3 is 0 Å². The molecule has 136 valence electrons. The molecule has 0 spiro atoms. The quantitative estimate of drug-likeness (QED) is 0.746. The molecule has 2 amide bonds. The van der Waals surface area contributed by atoms with E-state index in [-0.39, 0.29) is 36.5 Å². The molecule has 1 aliphatic heterocycles. The minimum absolute atomic E-state index is 0.0438. The van der Waals surface area contributed by atoms with E-state index in [1.165, 1.54) is 0 Å². The van der Waals surface area contributed by atoms with Gasteiger partial charge < -0.3 is 9.80 Å². The van der Waals surface area contributed by atoms with Crippen LogP contribution in [-0.4, -0.2) is 46.5 Å². The fourth-order valence-corrected chi connectivity index (χ4v) is 3.19. The Balaban J connectivity index is 2.12. The summed E-state index contributed by atoms with van der Waals surface area (Å²) in [6.45, 7) is 7.15. The van der Waals surface area contributed by atoms with Crippen molar-refractivity contribution >= 4 is 17.6 Å². The first-order valence-electron chi connectivity index (χ1n) is 9.07. The molecule has 1 fully saturated rings. The molecular formula is C20H28N2O3. The Morgan fingerprint density at radius 1 is 1.20 bits per heavy atom. The lowest BCUT2D eigenvalue weighted by Gasteiger charge is -2.31. The van der Waals surface area contributed by atoms with Crippen LogP contribution in [0, 0.1) is 5.92 Å². The van der Waals surface area contributed by atoms with E-state index in [1.54, 1.807) is 4.90 Å². The first-order chi connectivity index (χ1) is 11.9. The summed E-state index contributed by atoms with van der Waals surface area (Å²) in [4.78, 5) is 40.6. The second-order valence-corrected chi connectivity index (χ2v) is 7.09. The Labute approximate surface area is 150 Å². The standard InChI is InChI=1S/C20H28N2O3/c1-4-17-14-21(20(25)18(23)12-15(2)3)11-10-19(24)22(17)13-16-8-6-5-7-9-16/h5-9,15,17H,4,10-14H2,1-3H3/t17-/m0/s1. The third-order valence-electron chi connectivity index (χ3n) is 4.57. The highest BCUT2D eigenvalue weighted by molar-refractivity contribution is 6.36. The number of amides is 2. The summed E-state index contributed by atoms with van der Waals surface area (Å²) in [5.41, 5.74) is 1.07. The number of carbonyl (C=O) groups is 3. The van der Waals surface area contributed by atoms with Crippen LogP contribution in [0.3, 0.4) is 0 Å². The molecule has 5 nitrogen and oxygen atoms in total. The highest BCUT2D eigenvalue weighted by atomic mass is 16.2. The zero-order valence-corrected chi connectivity index (χ0v) is 15.4. The molecule has 0 aromatic heterocycles. The van der Waals surface area contributed by atoms with E-state index in [0.717, 1.165) is 12.0 Å². The smallest absolute Gasteiger partial charge is 0.290 e. The van der Waals surface area contributed by atoms with Gasteiger partial charge in [0.2, 0.25) is 11.7 Å². The topological polar surface area (TPSA) is 57.7 Å². The predicted molar refractivity (Wildman–Crippen MR) is 96.7 cm³/mol. The third-order valence-corrected chi connectivity index (χ3v) is 4.57. The number of hydrogen-bond donors (Lipinski definition) is 0. The predicted octanol–water partition coefficient (Wildman–Crippen LogP) is 2.64. The maximum Gasteiger partial charge on any atom is 0.290 e. The molecule has 0 radical (unpaired) electrons. The Morgan fingerprint density at radius 2 is 1.88 bits per heavy atom. The number of benzene rings is 1. The second kappa shape index (κ2) is 8.79. The molecule has 0 N–H and O–H groups in total. The van der Waals surface area contributed by atoms with Crippen molar-refractivity contribution in [2.24, 2.45) is 5.92 Å². The van der Waals surface area contributed by atoms with Gasteiger partial charge in [-0.1, -0.05) is 51.1 Å². The van der Waals surface area contributed by atoms with Crippen molar-refractivity contribution in [3.05, 3.63) is 35.9 Å². The van der Waals surface area contributed by atoms with Gasteiger partial charge in [0.1, 0.15) is 0 Å². The molecule has 5 heteroatoms. The Morgan fingerprint density at radius 3 is 2.48 bits per heavy atom. The van der Waals surface area contributed by atoms with Crippen molar-refractivity contribution in [2.45, 2.75) is 52.6 Å². The van der Waals surface area contributed by atoms with Crippen LogP contribution in [0.15, 0.2) is 30.3 Å². The number of nitrogens with zero attached hydrogens (tertiary/aromatic N) is 2. The summed E-state index contributed by atoms with van der Waals surface area (Å²) >= 11 is 0. The third kappa shape index (κ3) is 5.15. The maximum absolute atomic E-state index is 12.6. The van der Waals surface area contributed by atoms with Crippen LogP contribution >= 0.6 is 0 Å². The van der Waals surface area contributed by atoms with Crippen molar-refractivity contribution in [1.82, 2.24) is 9.80 Å². The minimum Gasteiger partial charge on any atom is -0.334 e. The second-order valence-electron chi connectivity index (χ2n) is 7.09. The molecule has 0 bridgehead atoms. The number of Topliss-reactive ketones (excluding diaryl/α,β-unsaturated/α-hetero) is 1. The number of rotatable bonds is 6. The first-order valence-corrected chi connectivity index (χ1v) is 9.07. The zero-order chi connectivity index (χ0) is 18.4. The van der Waals surface area contributed by atoms with Gasteiger partial charge in [0.05, 0.1) is 0 Å². The van der Waals surface area contributed by atoms with Gasteiger partial charge in [0, 0.05) is 38.5 Å². The number of carbonyl (C=O) groups excluding carboxylic acids is 3. The molecular weight excluding hydrogens is 316 g/mol. The van der Waals surface area contributed by atoms with Crippen molar-refractivity contribution in [2.75, 3.05) is 13.1 Å². The van der Waals surface area contributed by atoms with Crippen molar-refractivity contribution in [3.8, 4) is 0 Å². The van der Waals surface area contributed by atoms with E-state index in [4.69, 9.17) is 0 Å².